The van der Waals surface area contributed by atoms with Crippen LogP contribution in [-0.4, -0.2) is 66.6 Å². The summed E-state index contributed by atoms with van der Waals surface area (Å²) in [6, 6.07) is 3.72. The van der Waals surface area contributed by atoms with Crippen molar-refractivity contribution in [3.05, 3.63) is 23.9 Å². The number of nitrogens with zero attached hydrogens (tertiary/aromatic N) is 2. The predicted octanol–water partition coefficient (Wildman–Crippen LogP) is 1.70. The molecule has 1 aliphatic heterocycles. The van der Waals surface area contributed by atoms with Crippen LogP contribution in [0.3, 0.4) is 0 Å². The maximum Gasteiger partial charge on any atom is 0.255 e. The second kappa shape index (κ2) is 9.01. The number of aliphatic hydroxyl groups excluding tert-OH is 1. The first-order valence-electron chi connectivity index (χ1n) is 9.82. The maximum atomic E-state index is 12.5. The lowest BCUT2D eigenvalue weighted by molar-refractivity contribution is 0.0770. The lowest BCUT2D eigenvalue weighted by atomic mass is 9.83. The Balaban J connectivity index is 1.61. The smallest absolute Gasteiger partial charge is 0.255 e. The number of aliphatic hydroxyl groups is 1. The van der Waals surface area contributed by atoms with Gasteiger partial charge in [0, 0.05) is 31.9 Å². The van der Waals surface area contributed by atoms with Crippen molar-refractivity contribution in [2.24, 2.45) is 5.92 Å². The molecule has 1 saturated carbocycles. The van der Waals surface area contributed by atoms with Crippen molar-refractivity contribution in [1.82, 2.24) is 9.88 Å². The minimum Gasteiger partial charge on any atom is -0.396 e. The molecule has 2 fully saturated rings. The lowest BCUT2D eigenvalue weighted by Crippen LogP contribution is -2.43. The number of hydrogen-bond acceptors (Lipinski definition) is 6. The number of anilines is 1. The zero-order chi connectivity index (χ0) is 19.3. The third-order valence-corrected chi connectivity index (χ3v) is 7.24. The van der Waals surface area contributed by atoms with Gasteiger partial charge in [0.25, 0.3) is 5.91 Å². The number of amides is 1. The number of nitrogens with one attached hydrogen (secondary N) is 1. The molecule has 27 heavy (non-hydrogen) atoms. The molecule has 8 heteroatoms. The summed E-state index contributed by atoms with van der Waals surface area (Å²) in [5, 5.41) is 12.8. The molecule has 1 atom stereocenters. The third kappa shape index (κ3) is 5.42. The van der Waals surface area contributed by atoms with Crippen molar-refractivity contribution < 1.29 is 18.3 Å². The summed E-state index contributed by atoms with van der Waals surface area (Å²) < 4.78 is 23.0. The molecule has 150 valence electrons. The Labute approximate surface area is 161 Å². The van der Waals surface area contributed by atoms with Crippen LogP contribution in [0.4, 0.5) is 5.82 Å². The van der Waals surface area contributed by atoms with Crippen LogP contribution in [-0.2, 0) is 9.84 Å². The van der Waals surface area contributed by atoms with Crippen LogP contribution in [0.15, 0.2) is 18.3 Å². The highest BCUT2D eigenvalue weighted by molar-refractivity contribution is 7.91. The fourth-order valence-electron chi connectivity index (χ4n) is 4.00. The van der Waals surface area contributed by atoms with E-state index in [0.29, 0.717) is 23.7 Å². The van der Waals surface area contributed by atoms with Crippen molar-refractivity contribution in [3.63, 3.8) is 0 Å². The van der Waals surface area contributed by atoms with Gasteiger partial charge in [-0.3, -0.25) is 4.79 Å². The minimum absolute atomic E-state index is 0.0238. The standard InChI is InChI=1S/C19H29N3O4S/c23-11-8-17(15-4-2-1-3-5-15)21-18-7-6-16(14-20-18)19(24)22-9-12-27(25,26)13-10-22/h6-7,14-15,17,23H,1-5,8-13H2,(H,20,21). The van der Waals surface area contributed by atoms with Crippen molar-refractivity contribution in [2.45, 2.75) is 44.6 Å². The predicted molar refractivity (Wildman–Crippen MR) is 104 cm³/mol. The van der Waals surface area contributed by atoms with E-state index in [9.17, 15) is 18.3 Å². The number of carbonyl (C=O) groups is 1. The highest BCUT2D eigenvalue weighted by Gasteiger charge is 2.26. The fourth-order valence-corrected chi connectivity index (χ4v) is 5.20. The Bertz CT molecular complexity index is 716. The molecule has 0 aromatic carbocycles. The highest BCUT2D eigenvalue weighted by atomic mass is 32.2. The maximum absolute atomic E-state index is 12.5. The fraction of sp³-hybridized carbons (Fsp3) is 0.684. The summed E-state index contributed by atoms with van der Waals surface area (Å²) in [6.45, 7) is 0.617. The van der Waals surface area contributed by atoms with E-state index in [1.54, 1.807) is 23.2 Å². The van der Waals surface area contributed by atoms with E-state index in [0.717, 1.165) is 0 Å². The van der Waals surface area contributed by atoms with Gasteiger partial charge in [-0.05, 0) is 37.3 Å². The first-order valence-corrected chi connectivity index (χ1v) is 11.6. The average Bonchev–Trinajstić information content (AvgIpc) is 2.68. The topological polar surface area (TPSA) is 99.6 Å². The van der Waals surface area contributed by atoms with E-state index in [4.69, 9.17) is 0 Å². The molecular formula is C19H29N3O4S. The zero-order valence-corrected chi connectivity index (χ0v) is 16.5. The molecular weight excluding hydrogens is 366 g/mol. The zero-order valence-electron chi connectivity index (χ0n) is 15.6. The summed E-state index contributed by atoms with van der Waals surface area (Å²) in [5.41, 5.74) is 0.469. The molecule has 7 nitrogen and oxygen atoms in total. The Hall–Kier alpha value is -1.67. The van der Waals surface area contributed by atoms with Gasteiger partial charge >= 0.3 is 0 Å². The van der Waals surface area contributed by atoms with Crippen molar-refractivity contribution >= 4 is 21.6 Å². The molecule has 1 unspecified atom stereocenters. The SMILES string of the molecule is O=C(c1ccc(NC(CCO)C2CCCCC2)nc1)N1CCS(=O)(=O)CC1. The van der Waals surface area contributed by atoms with Gasteiger partial charge in [0.1, 0.15) is 5.82 Å². The van der Waals surface area contributed by atoms with E-state index >= 15 is 0 Å². The minimum atomic E-state index is -3.01. The van der Waals surface area contributed by atoms with Crippen LogP contribution >= 0.6 is 0 Å². The molecule has 3 rings (SSSR count). The molecule has 1 aromatic heterocycles. The molecule has 1 saturated heterocycles. The first kappa shape index (κ1) is 20.1. The summed E-state index contributed by atoms with van der Waals surface area (Å²) in [6.07, 6.45) is 8.34. The van der Waals surface area contributed by atoms with E-state index in [2.05, 4.69) is 10.3 Å². The second-order valence-corrected chi connectivity index (χ2v) is 9.84. The van der Waals surface area contributed by atoms with E-state index in [1.165, 1.54) is 32.1 Å². The van der Waals surface area contributed by atoms with Crippen molar-refractivity contribution in [2.75, 3.05) is 36.5 Å². The van der Waals surface area contributed by atoms with E-state index in [-0.39, 0.29) is 43.2 Å². The number of rotatable bonds is 6. The van der Waals surface area contributed by atoms with Crippen LogP contribution < -0.4 is 5.32 Å². The Morgan fingerprint density at radius 3 is 2.52 bits per heavy atom. The van der Waals surface area contributed by atoms with Crippen LogP contribution in [0.25, 0.3) is 0 Å². The van der Waals surface area contributed by atoms with E-state index < -0.39 is 9.84 Å². The molecule has 0 bridgehead atoms. The molecule has 1 aliphatic carbocycles. The van der Waals surface area contributed by atoms with Gasteiger partial charge in [-0.15, -0.1) is 0 Å². The van der Waals surface area contributed by atoms with Gasteiger partial charge < -0.3 is 15.3 Å². The molecule has 1 amide bonds. The molecule has 2 aliphatic rings. The summed E-state index contributed by atoms with van der Waals surface area (Å²) in [4.78, 5) is 18.5. The first-order chi connectivity index (χ1) is 13.0. The van der Waals surface area contributed by atoms with Gasteiger partial charge in [-0.2, -0.15) is 0 Å². The number of sulfone groups is 1. The van der Waals surface area contributed by atoms with Gasteiger partial charge in [0.2, 0.25) is 0 Å². The van der Waals surface area contributed by atoms with Gasteiger partial charge in [-0.25, -0.2) is 13.4 Å². The van der Waals surface area contributed by atoms with Gasteiger partial charge in [0.05, 0.1) is 17.1 Å². The quantitative estimate of drug-likeness (QED) is 0.760. The van der Waals surface area contributed by atoms with Gasteiger partial charge in [0.15, 0.2) is 9.84 Å². The molecule has 0 radical (unpaired) electrons. The molecule has 2 heterocycles. The number of carbonyl (C=O) groups excluding carboxylic acids is 1. The molecule has 2 N–H and O–H groups in total. The van der Waals surface area contributed by atoms with Crippen molar-refractivity contribution in [3.8, 4) is 0 Å². The van der Waals surface area contributed by atoms with E-state index in [1.807, 2.05) is 0 Å². The lowest BCUT2D eigenvalue weighted by Gasteiger charge is -2.31. The Morgan fingerprint density at radius 1 is 1.22 bits per heavy atom. The molecule has 0 spiro atoms. The largest absolute Gasteiger partial charge is 0.396 e. The van der Waals surface area contributed by atoms with Crippen LogP contribution in [0.2, 0.25) is 0 Å². The number of pyridine rings is 1. The van der Waals surface area contributed by atoms with Gasteiger partial charge in [-0.1, -0.05) is 19.3 Å². The summed E-state index contributed by atoms with van der Waals surface area (Å²) in [7, 11) is -3.01. The van der Waals surface area contributed by atoms with Crippen LogP contribution in [0.1, 0.15) is 48.9 Å². The normalized spacial score (nSPS) is 21.6. The Kier molecular flexibility index (Phi) is 6.70. The third-order valence-electron chi connectivity index (χ3n) is 5.63. The average molecular weight is 396 g/mol. The number of aromatic nitrogens is 1. The highest BCUT2D eigenvalue weighted by Crippen LogP contribution is 2.29. The number of hydrogen-bond donors (Lipinski definition) is 2. The summed E-state index contributed by atoms with van der Waals surface area (Å²) in [5.74, 6) is 1.12. The summed E-state index contributed by atoms with van der Waals surface area (Å²) >= 11 is 0. The second-order valence-electron chi connectivity index (χ2n) is 7.54. The van der Waals surface area contributed by atoms with Crippen LogP contribution in [0, 0.1) is 5.92 Å². The van der Waals surface area contributed by atoms with Crippen LogP contribution in [0.5, 0.6) is 0 Å². The molecule has 1 aromatic rings. The van der Waals surface area contributed by atoms with Crippen molar-refractivity contribution in [1.29, 1.82) is 0 Å². The monoisotopic (exact) mass is 395 g/mol. The Morgan fingerprint density at radius 2 is 1.93 bits per heavy atom.